The van der Waals surface area contributed by atoms with Crippen molar-refractivity contribution in [1.29, 1.82) is 0 Å². The molecule has 8 heteroatoms. The molecule has 2 unspecified atom stereocenters. The number of aromatic nitrogens is 4. The largest absolute Gasteiger partial charge is 0.398 e. The molecule has 0 amide bonds. The van der Waals surface area contributed by atoms with E-state index in [2.05, 4.69) is 15.5 Å². The number of benzene rings is 1. The van der Waals surface area contributed by atoms with Crippen LogP contribution in [0.15, 0.2) is 18.2 Å². The molecule has 1 aromatic carbocycles. The summed E-state index contributed by atoms with van der Waals surface area (Å²) in [7, 11) is -0.863. The molecule has 2 aromatic rings. The summed E-state index contributed by atoms with van der Waals surface area (Å²) in [4.78, 5) is 0. The lowest BCUT2D eigenvalue weighted by Crippen LogP contribution is -2.12. The van der Waals surface area contributed by atoms with Gasteiger partial charge in [0.05, 0.1) is 6.04 Å². The molecule has 2 rings (SSSR count). The molecule has 0 saturated heterocycles. The van der Waals surface area contributed by atoms with Crippen molar-refractivity contribution in [3.05, 3.63) is 24.0 Å². The number of tetrazole rings is 1. The first-order valence-corrected chi connectivity index (χ1v) is 7.85. The zero-order valence-electron chi connectivity index (χ0n) is 11.3. The second kappa shape index (κ2) is 6.08. The number of hydrogen-bond acceptors (Lipinski definition) is 5. The van der Waals surface area contributed by atoms with E-state index in [4.69, 9.17) is 5.73 Å². The van der Waals surface area contributed by atoms with E-state index in [1.165, 1.54) is 12.1 Å². The van der Waals surface area contributed by atoms with Crippen LogP contribution in [-0.2, 0) is 10.8 Å². The number of nitrogens with zero attached hydrogens (tertiary/aromatic N) is 4. The first-order chi connectivity index (χ1) is 9.49. The minimum atomic E-state index is -0.863. The van der Waals surface area contributed by atoms with Crippen LogP contribution in [0.25, 0.3) is 11.4 Å². The predicted molar refractivity (Wildman–Crippen MR) is 75.9 cm³/mol. The van der Waals surface area contributed by atoms with Crippen molar-refractivity contribution in [2.24, 2.45) is 0 Å². The fourth-order valence-electron chi connectivity index (χ4n) is 1.86. The Morgan fingerprint density at radius 3 is 2.90 bits per heavy atom. The van der Waals surface area contributed by atoms with E-state index in [-0.39, 0.29) is 11.7 Å². The number of hydrogen-bond donors (Lipinski definition) is 1. The van der Waals surface area contributed by atoms with Gasteiger partial charge in [0.1, 0.15) is 5.82 Å². The summed E-state index contributed by atoms with van der Waals surface area (Å²) in [6.07, 6.45) is 2.34. The van der Waals surface area contributed by atoms with Gasteiger partial charge in [0.15, 0.2) is 5.82 Å². The number of rotatable bonds is 5. The highest BCUT2D eigenvalue weighted by Crippen LogP contribution is 2.26. The van der Waals surface area contributed by atoms with Gasteiger partial charge in [-0.15, -0.1) is 5.10 Å². The van der Waals surface area contributed by atoms with Crippen LogP contribution in [-0.4, -0.2) is 36.4 Å². The van der Waals surface area contributed by atoms with E-state index >= 15 is 0 Å². The van der Waals surface area contributed by atoms with Gasteiger partial charge in [0.2, 0.25) is 0 Å². The molecule has 0 fully saturated rings. The third kappa shape index (κ3) is 3.19. The molecule has 0 spiro atoms. The van der Waals surface area contributed by atoms with Gasteiger partial charge in [-0.25, -0.2) is 9.07 Å². The Morgan fingerprint density at radius 1 is 1.50 bits per heavy atom. The number of halogens is 1. The standard InChI is InChI=1S/C12H16FN5OS/c1-8(5-6-20(2)19)18-12(15-16-17-18)10-4-3-9(13)7-11(10)14/h3-4,7-8H,5-6,14H2,1-2H3. The Hall–Kier alpha value is -1.83. The Kier molecular flexibility index (Phi) is 4.43. The number of anilines is 1. The molecule has 2 N–H and O–H groups in total. The monoisotopic (exact) mass is 297 g/mol. The second-order valence-electron chi connectivity index (χ2n) is 4.59. The van der Waals surface area contributed by atoms with Crippen molar-refractivity contribution in [2.45, 2.75) is 19.4 Å². The zero-order valence-corrected chi connectivity index (χ0v) is 12.1. The molecule has 1 heterocycles. The molecule has 6 nitrogen and oxygen atoms in total. The zero-order chi connectivity index (χ0) is 14.7. The van der Waals surface area contributed by atoms with E-state index in [9.17, 15) is 8.60 Å². The summed E-state index contributed by atoms with van der Waals surface area (Å²) in [6.45, 7) is 1.94. The van der Waals surface area contributed by atoms with E-state index in [0.29, 0.717) is 23.6 Å². The Balaban J connectivity index is 2.30. The van der Waals surface area contributed by atoms with Crippen LogP contribution in [0.1, 0.15) is 19.4 Å². The predicted octanol–water partition coefficient (Wildman–Crippen LogP) is 1.39. The first kappa shape index (κ1) is 14.6. The molecular weight excluding hydrogens is 281 g/mol. The fourth-order valence-corrected chi connectivity index (χ4v) is 2.54. The second-order valence-corrected chi connectivity index (χ2v) is 6.15. The lowest BCUT2D eigenvalue weighted by Gasteiger charge is -2.13. The maximum atomic E-state index is 13.1. The van der Waals surface area contributed by atoms with Crippen LogP contribution in [0.5, 0.6) is 0 Å². The van der Waals surface area contributed by atoms with Crippen molar-refractivity contribution in [2.75, 3.05) is 17.7 Å². The van der Waals surface area contributed by atoms with E-state index in [1.54, 1.807) is 17.0 Å². The normalized spacial score (nSPS) is 14.2. The van der Waals surface area contributed by atoms with Crippen LogP contribution in [0.4, 0.5) is 10.1 Å². The maximum absolute atomic E-state index is 13.1. The van der Waals surface area contributed by atoms with Crippen LogP contribution in [0.2, 0.25) is 0 Å². The summed E-state index contributed by atoms with van der Waals surface area (Å²) in [6, 6.07) is 4.09. The minimum Gasteiger partial charge on any atom is -0.398 e. The van der Waals surface area contributed by atoms with Gasteiger partial charge in [0, 0.05) is 34.1 Å². The summed E-state index contributed by atoms with van der Waals surface area (Å²) >= 11 is 0. The fraction of sp³-hybridized carbons (Fsp3) is 0.417. The quantitative estimate of drug-likeness (QED) is 0.843. The molecule has 2 atom stereocenters. The Morgan fingerprint density at radius 2 is 2.25 bits per heavy atom. The van der Waals surface area contributed by atoms with Gasteiger partial charge < -0.3 is 5.73 Å². The number of nitrogens with two attached hydrogens (primary N) is 1. The summed E-state index contributed by atoms with van der Waals surface area (Å²) in [5.74, 6) is 0.649. The summed E-state index contributed by atoms with van der Waals surface area (Å²) in [5.41, 5.74) is 6.67. The van der Waals surface area contributed by atoms with Gasteiger partial charge in [-0.2, -0.15) is 0 Å². The SMILES string of the molecule is CC(CCS(C)=O)n1nnnc1-c1ccc(F)cc1N. The van der Waals surface area contributed by atoms with Gasteiger partial charge in [-0.1, -0.05) is 0 Å². The van der Waals surface area contributed by atoms with Crippen molar-refractivity contribution >= 4 is 16.5 Å². The molecule has 0 aliphatic carbocycles. The first-order valence-electron chi connectivity index (χ1n) is 6.12. The van der Waals surface area contributed by atoms with Crippen molar-refractivity contribution in [3.63, 3.8) is 0 Å². The molecule has 0 radical (unpaired) electrons. The third-order valence-corrected chi connectivity index (χ3v) is 3.80. The molecule has 1 aromatic heterocycles. The molecule has 0 bridgehead atoms. The molecule has 0 aliphatic rings. The van der Waals surface area contributed by atoms with E-state index in [1.807, 2.05) is 6.92 Å². The third-order valence-electron chi connectivity index (χ3n) is 2.99. The molecule has 0 aliphatic heterocycles. The van der Waals surface area contributed by atoms with Crippen molar-refractivity contribution in [1.82, 2.24) is 20.2 Å². The minimum absolute atomic E-state index is 0.0200. The lowest BCUT2D eigenvalue weighted by molar-refractivity contribution is 0.470. The Labute approximate surface area is 118 Å². The highest BCUT2D eigenvalue weighted by Gasteiger charge is 2.17. The van der Waals surface area contributed by atoms with Gasteiger partial charge >= 0.3 is 0 Å². The van der Waals surface area contributed by atoms with Crippen LogP contribution in [0.3, 0.4) is 0 Å². The van der Waals surface area contributed by atoms with Crippen molar-refractivity contribution in [3.8, 4) is 11.4 Å². The topological polar surface area (TPSA) is 86.7 Å². The van der Waals surface area contributed by atoms with Crippen LogP contribution < -0.4 is 5.73 Å². The molecular formula is C12H16FN5OS. The van der Waals surface area contributed by atoms with Crippen molar-refractivity contribution < 1.29 is 8.60 Å². The van der Waals surface area contributed by atoms with Crippen LogP contribution >= 0.6 is 0 Å². The summed E-state index contributed by atoms with van der Waals surface area (Å²) in [5, 5.41) is 11.5. The van der Waals surface area contributed by atoms with Gasteiger partial charge in [-0.05, 0) is 42.0 Å². The average Bonchev–Trinajstić information content (AvgIpc) is 2.85. The lowest BCUT2D eigenvalue weighted by atomic mass is 10.1. The average molecular weight is 297 g/mol. The molecule has 0 saturated carbocycles. The maximum Gasteiger partial charge on any atom is 0.184 e. The molecule has 20 heavy (non-hydrogen) atoms. The van der Waals surface area contributed by atoms with E-state index < -0.39 is 16.6 Å². The Bertz CT molecular complexity index is 630. The highest BCUT2D eigenvalue weighted by molar-refractivity contribution is 7.84. The van der Waals surface area contributed by atoms with Gasteiger partial charge in [0.25, 0.3) is 0 Å². The number of nitrogen functional groups attached to an aromatic ring is 1. The molecule has 108 valence electrons. The van der Waals surface area contributed by atoms with Gasteiger partial charge in [-0.3, -0.25) is 4.21 Å². The van der Waals surface area contributed by atoms with E-state index in [0.717, 1.165) is 0 Å². The van der Waals surface area contributed by atoms with Crippen LogP contribution in [0, 0.1) is 5.82 Å². The smallest absolute Gasteiger partial charge is 0.184 e. The summed E-state index contributed by atoms with van der Waals surface area (Å²) < 4.78 is 25.9. The highest BCUT2D eigenvalue weighted by atomic mass is 32.2.